The van der Waals surface area contributed by atoms with E-state index in [4.69, 9.17) is 4.99 Å². The highest BCUT2D eigenvalue weighted by Gasteiger charge is 2.39. The van der Waals surface area contributed by atoms with Crippen LogP contribution in [0.4, 0.5) is 0 Å². The summed E-state index contributed by atoms with van der Waals surface area (Å²) >= 11 is 0. The molecule has 1 heterocycles. The van der Waals surface area contributed by atoms with E-state index in [1.165, 1.54) is 5.56 Å². The number of nitrogens with zero attached hydrogens (tertiary/aromatic N) is 1. The van der Waals surface area contributed by atoms with E-state index in [-0.39, 0.29) is 0 Å². The van der Waals surface area contributed by atoms with Crippen molar-refractivity contribution < 1.29 is 5.11 Å². The van der Waals surface area contributed by atoms with Gasteiger partial charge >= 0.3 is 0 Å². The first-order chi connectivity index (χ1) is 11.2. The molecular formula is C21H17NO. The molecule has 23 heavy (non-hydrogen) atoms. The van der Waals surface area contributed by atoms with Crippen LogP contribution in [-0.4, -0.2) is 10.8 Å². The van der Waals surface area contributed by atoms with Crippen LogP contribution >= 0.6 is 0 Å². The van der Waals surface area contributed by atoms with E-state index >= 15 is 0 Å². The van der Waals surface area contributed by atoms with Gasteiger partial charge in [0.2, 0.25) is 5.72 Å². The molecular weight excluding hydrogens is 282 g/mol. The van der Waals surface area contributed by atoms with Crippen molar-refractivity contribution in [3.63, 3.8) is 0 Å². The van der Waals surface area contributed by atoms with Gasteiger partial charge in [-0.25, -0.2) is 4.99 Å². The van der Waals surface area contributed by atoms with Gasteiger partial charge in [0.15, 0.2) is 0 Å². The van der Waals surface area contributed by atoms with Gasteiger partial charge in [-0.05, 0) is 6.92 Å². The molecule has 112 valence electrons. The van der Waals surface area contributed by atoms with Crippen LogP contribution in [0.1, 0.15) is 27.8 Å². The fourth-order valence-electron chi connectivity index (χ4n) is 3.10. The van der Waals surface area contributed by atoms with E-state index in [9.17, 15) is 5.11 Å². The van der Waals surface area contributed by atoms with Crippen LogP contribution in [0.3, 0.4) is 0 Å². The first-order valence-electron chi connectivity index (χ1n) is 7.73. The second kappa shape index (κ2) is 5.18. The minimum atomic E-state index is -1.32. The summed E-state index contributed by atoms with van der Waals surface area (Å²) in [5, 5.41) is 11.3. The lowest BCUT2D eigenvalue weighted by atomic mass is 9.92. The normalized spacial score (nSPS) is 19.3. The molecule has 4 rings (SSSR count). The highest BCUT2D eigenvalue weighted by Crippen LogP contribution is 2.40. The molecule has 0 aromatic heterocycles. The van der Waals surface area contributed by atoms with E-state index in [1.54, 1.807) is 0 Å². The standard InChI is InChI=1S/C21H17NO/c1-15-11-13-16(14-12-15)20-18-9-5-6-10-19(18)21(23,22-20)17-7-3-2-4-8-17/h2-14,23H,1H3. The molecule has 1 unspecified atom stereocenters. The average molecular weight is 299 g/mol. The molecule has 1 N–H and O–H groups in total. The molecule has 0 bridgehead atoms. The van der Waals surface area contributed by atoms with E-state index in [0.29, 0.717) is 0 Å². The maximum Gasteiger partial charge on any atom is 0.210 e. The third-order valence-corrected chi connectivity index (χ3v) is 4.33. The summed E-state index contributed by atoms with van der Waals surface area (Å²) < 4.78 is 0. The monoisotopic (exact) mass is 299 g/mol. The molecule has 2 heteroatoms. The molecule has 0 saturated carbocycles. The van der Waals surface area contributed by atoms with E-state index in [0.717, 1.165) is 28.0 Å². The molecule has 1 atom stereocenters. The number of aryl methyl sites for hydroxylation is 1. The predicted octanol–water partition coefficient (Wildman–Crippen LogP) is 4.04. The third kappa shape index (κ3) is 2.19. The molecule has 0 saturated heterocycles. The van der Waals surface area contributed by atoms with Gasteiger partial charge in [-0.15, -0.1) is 0 Å². The lowest BCUT2D eigenvalue weighted by Gasteiger charge is -2.21. The fraction of sp³-hybridized carbons (Fsp3) is 0.0952. The molecule has 3 aromatic carbocycles. The van der Waals surface area contributed by atoms with Crippen LogP contribution in [0.2, 0.25) is 0 Å². The van der Waals surface area contributed by atoms with E-state index in [2.05, 4.69) is 31.2 Å². The van der Waals surface area contributed by atoms with Gasteiger partial charge in [-0.1, -0.05) is 84.4 Å². The maximum atomic E-state index is 11.3. The Hall–Kier alpha value is -2.71. The van der Waals surface area contributed by atoms with Gasteiger partial charge in [-0.2, -0.15) is 0 Å². The van der Waals surface area contributed by atoms with Crippen LogP contribution in [0.25, 0.3) is 0 Å². The Kier molecular flexibility index (Phi) is 3.14. The van der Waals surface area contributed by atoms with E-state index < -0.39 is 5.72 Å². The largest absolute Gasteiger partial charge is 0.362 e. The predicted molar refractivity (Wildman–Crippen MR) is 92.7 cm³/mol. The zero-order valence-corrected chi connectivity index (χ0v) is 12.9. The Morgan fingerprint density at radius 3 is 2.17 bits per heavy atom. The van der Waals surface area contributed by atoms with Crippen molar-refractivity contribution in [2.45, 2.75) is 12.6 Å². The topological polar surface area (TPSA) is 32.6 Å². The number of benzene rings is 3. The first-order valence-corrected chi connectivity index (χ1v) is 7.73. The van der Waals surface area contributed by atoms with Gasteiger partial charge in [-0.3, -0.25) is 0 Å². The van der Waals surface area contributed by atoms with Crippen molar-refractivity contribution in [2.24, 2.45) is 4.99 Å². The zero-order valence-electron chi connectivity index (χ0n) is 12.9. The zero-order chi connectivity index (χ0) is 15.9. The number of aliphatic imine (C=N–C) groups is 1. The van der Waals surface area contributed by atoms with E-state index in [1.807, 2.05) is 54.6 Å². The average Bonchev–Trinajstić information content (AvgIpc) is 2.91. The lowest BCUT2D eigenvalue weighted by molar-refractivity contribution is 0.0951. The molecule has 0 fully saturated rings. The van der Waals surface area contributed by atoms with Crippen molar-refractivity contribution in [2.75, 3.05) is 0 Å². The Labute approximate surface area is 135 Å². The van der Waals surface area contributed by atoms with Gasteiger partial charge in [0.25, 0.3) is 0 Å². The summed E-state index contributed by atoms with van der Waals surface area (Å²) in [6, 6.07) is 25.8. The lowest BCUT2D eigenvalue weighted by Crippen LogP contribution is -2.22. The third-order valence-electron chi connectivity index (χ3n) is 4.33. The summed E-state index contributed by atoms with van der Waals surface area (Å²) in [5.41, 5.74) is 4.36. The van der Waals surface area contributed by atoms with Gasteiger partial charge in [0.05, 0.1) is 5.71 Å². The number of aliphatic hydroxyl groups is 1. The highest BCUT2D eigenvalue weighted by atomic mass is 16.3. The number of fused-ring (bicyclic) bond motifs is 1. The van der Waals surface area contributed by atoms with Crippen molar-refractivity contribution >= 4 is 5.71 Å². The molecule has 2 nitrogen and oxygen atoms in total. The Balaban J connectivity index is 1.94. The minimum Gasteiger partial charge on any atom is -0.362 e. The molecule has 0 spiro atoms. The number of hydrogen-bond acceptors (Lipinski definition) is 2. The minimum absolute atomic E-state index is 0.787. The number of hydrogen-bond donors (Lipinski definition) is 1. The molecule has 0 radical (unpaired) electrons. The van der Waals surface area contributed by atoms with Crippen LogP contribution in [0.15, 0.2) is 83.9 Å². The van der Waals surface area contributed by atoms with Gasteiger partial charge in [0, 0.05) is 22.3 Å². The quantitative estimate of drug-likeness (QED) is 0.761. The molecule has 3 aromatic rings. The van der Waals surface area contributed by atoms with Crippen LogP contribution < -0.4 is 0 Å². The van der Waals surface area contributed by atoms with Crippen LogP contribution in [0.5, 0.6) is 0 Å². The van der Waals surface area contributed by atoms with Gasteiger partial charge in [0.1, 0.15) is 0 Å². The molecule has 0 amide bonds. The van der Waals surface area contributed by atoms with Crippen molar-refractivity contribution in [1.29, 1.82) is 0 Å². The van der Waals surface area contributed by atoms with Crippen molar-refractivity contribution in [1.82, 2.24) is 0 Å². The summed E-state index contributed by atoms with van der Waals surface area (Å²) in [6.45, 7) is 2.06. The summed E-state index contributed by atoms with van der Waals surface area (Å²) in [4.78, 5) is 4.73. The molecule has 1 aliphatic heterocycles. The smallest absolute Gasteiger partial charge is 0.210 e. The molecule has 0 aliphatic carbocycles. The Morgan fingerprint density at radius 2 is 1.43 bits per heavy atom. The van der Waals surface area contributed by atoms with Gasteiger partial charge < -0.3 is 5.11 Å². The summed E-state index contributed by atoms with van der Waals surface area (Å²) in [6.07, 6.45) is 0. The highest BCUT2D eigenvalue weighted by molar-refractivity contribution is 6.16. The number of rotatable bonds is 2. The second-order valence-corrected chi connectivity index (χ2v) is 5.91. The Bertz CT molecular complexity index is 881. The first kappa shape index (κ1) is 13.9. The summed E-state index contributed by atoms with van der Waals surface area (Å²) in [5.74, 6) is 0. The second-order valence-electron chi connectivity index (χ2n) is 5.91. The van der Waals surface area contributed by atoms with Crippen molar-refractivity contribution in [3.05, 3.63) is 107 Å². The summed E-state index contributed by atoms with van der Waals surface area (Å²) in [7, 11) is 0. The van der Waals surface area contributed by atoms with Crippen LogP contribution in [0, 0.1) is 6.92 Å². The maximum absolute atomic E-state index is 11.3. The Morgan fingerprint density at radius 1 is 0.783 bits per heavy atom. The fourth-order valence-corrected chi connectivity index (χ4v) is 3.10. The van der Waals surface area contributed by atoms with Crippen molar-refractivity contribution in [3.8, 4) is 0 Å². The SMILES string of the molecule is Cc1ccc(C2=NC(O)(c3ccccc3)c3ccccc32)cc1. The van der Waals surface area contributed by atoms with Crippen LogP contribution in [-0.2, 0) is 5.72 Å². The molecule has 1 aliphatic rings.